The highest BCUT2D eigenvalue weighted by molar-refractivity contribution is 6.38. The van der Waals surface area contributed by atoms with Gasteiger partial charge in [0.25, 0.3) is 5.91 Å². The van der Waals surface area contributed by atoms with E-state index in [1.54, 1.807) is 12.1 Å². The van der Waals surface area contributed by atoms with E-state index in [2.05, 4.69) is 21.1 Å². The largest absolute Gasteiger partial charge is 0.387 e. The summed E-state index contributed by atoms with van der Waals surface area (Å²) in [6.07, 6.45) is 4.20. The third kappa shape index (κ3) is 7.43. The molecule has 0 aromatic heterocycles. The van der Waals surface area contributed by atoms with E-state index in [-0.39, 0.29) is 31.3 Å². The van der Waals surface area contributed by atoms with Gasteiger partial charge in [-0.15, -0.1) is 0 Å². The van der Waals surface area contributed by atoms with Crippen molar-refractivity contribution in [3.05, 3.63) is 70.7 Å². The summed E-state index contributed by atoms with van der Waals surface area (Å²) in [6.45, 7) is 7.52. The second-order valence-corrected chi connectivity index (χ2v) is 15.8. The van der Waals surface area contributed by atoms with Crippen molar-refractivity contribution in [2.24, 2.45) is 10.6 Å². The zero-order chi connectivity index (χ0) is 35.8. The number of amides is 4. The third-order valence-electron chi connectivity index (χ3n) is 10.2. The van der Waals surface area contributed by atoms with Gasteiger partial charge >= 0.3 is 0 Å². The minimum atomic E-state index is -1.05. The number of halogens is 1. The molecule has 0 bridgehead atoms. The molecule has 3 fully saturated rings. The monoisotopic (exact) mass is 703 g/mol. The summed E-state index contributed by atoms with van der Waals surface area (Å²) in [5.74, 6) is -2.66. The molecular weight excluding hydrogens is 658 g/mol. The molecule has 2 heterocycles. The smallest absolute Gasteiger partial charge is 0.289 e. The first-order chi connectivity index (χ1) is 23.7. The maximum atomic E-state index is 14.7. The van der Waals surface area contributed by atoms with Gasteiger partial charge < -0.3 is 25.7 Å². The van der Waals surface area contributed by atoms with Crippen LogP contribution >= 0.6 is 11.6 Å². The van der Waals surface area contributed by atoms with Crippen molar-refractivity contribution in [2.45, 2.75) is 114 Å². The molecule has 266 valence electrons. The molecule has 12 heteroatoms. The second kappa shape index (κ2) is 13.8. The van der Waals surface area contributed by atoms with E-state index in [0.717, 1.165) is 24.0 Å². The summed E-state index contributed by atoms with van der Waals surface area (Å²) in [7, 11) is 0. The highest BCUT2D eigenvalue weighted by atomic mass is 35.5. The molecule has 6 rings (SSSR count). The Morgan fingerprint density at radius 3 is 2.36 bits per heavy atom. The van der Waals surface area contributed by atoms with Gasteiger partial charge in [0.15, 0.2) is 5.60 Å². The number of likely N-dealkylation sites (tertiary alicyclic amines) is 1. The normalized spacial score (nSPS) is 23.3. The van der Waals surface area contributed by atoms with Gasteiger partial charge in [-0.05, 0) is 55.2 Å². The van der Waals surface area contributed by atoms with Crippen molar-refractivity contribution >= 4 is 46.7 Å². The maximum Gasteiger partial charge on any atom is 0.289 e. The van der Waals surface area contributed by atoms with Crippen molar-refractivity contribution in [3.63, 3.8) is 0 Å². The lowest BCUT2D eigenvalue weighted by Crippen LogP contribution is -2.60. The molecule has 4 atom stereocenters. The summed E-state index contributed by atoms with van der Waals surface area (Å²) in [5, 5.41) is 13.5. The van der Waals surface area contributed by atoms with E-state index in [4.69, 9.17) is 16.4 Å². The van der Waals surface area contributed by atoms with Crippen LogP contribution in [0, 0.1) is 5.41 Å². The summed E-state index contributed by atoms with van der Waals surface area (Å²) in [4.78, 5) is 76.3. The molecular formula is C38H46ClN5O6. The Bertz CT molecular complexity index is 1700. The van der Waals surface area contributed by atoms with Crippen molar-refractivity contribution in [2.75, 3.05) is 6.54 Å². The zero-order valence-corrected chi connectivity index (χ0v) is 29.8. The molecule has 2 aliphatic carbocycles. The Balaban J connectivity index is 1.27. The fourth-order valence-electron chi connectivity index (χ4n) is 7.03. The average Bonchev–Trinajstić information content (AvgIpc) is 4.01. The molecule has 2 aromatic rings. The number of oxime groups is 1. The highest BCUT2D eigenvalue weighted by Crippen LogP contribution is 2.49. The number of benzene rings is 2. The topological polar surface area (TPSA) is 146 Å². The summed E-state index contributed by atoms with van der Waals surface area (Å²) < 4.78 is 0. The molecule has 2 saturated carbocycles. The fourth-order valence-corrected chi connectivity index (χ4v) is 7.22. The van der Waals surface area contributed by atoms with Gasteiger partial charge in [-0.2, -0.15) is 0 Å². The Morgan fingerprint density at radius 1 is 1.02 bits per heavy atom. The third-order valence-corrected chi connectivity index (χ3v) is 10.5. The van der Waals surface area contributed by atoms with Crippen LogP contribution in [-0.2, 0) is 34.2 Å². The van der Waals surface area contributed by atoms with E-state index < -0.39 is 58.1 Å². The summed E-state index contributed by atoms with van der Waals surface area (Å²) in [6, 6.07) is 13.7. The van der Waals surface area contributed by atoms with Gasteiger partial charge in [0.05, 0.1) is 23.7 Å². The maximum absolute atomic E-state index is 14.7. The number of ketones is 1. The van der Waals surface area contributed by atoms with Crippen molar-refractivity contribution in [3.8, 4) is 0 Å². The molecule has 0 unspecified atom stereocenters. The van der Waals surface area contributed by atoms with Crippen LogP contribution in [-0.4, -0.2) is 76.3 Å². The van der Waals surface area contributed by atoms with Crippen LogP contribution in [0.3, 0.4) is 0 Å². The molecule has 3 N–H and O–H groups in total. The highest BCUT2D eigenvalue weighted by Gasteiger charge is 2.57. The van der Waals surface area contributed by atoms with Gasteiger partial charge in [-0.3, -0.25) is 24.0 Å². The molecule has 4 aliphatic rings. The predicted octanol–water partition coefficient (Wildman–Crippen LogP) is 4.20. The number of hydrogen-bond donors (Lipinski definition) is 3. The Hall–Kier alpha value is -4.25. The van der Waals surface area contributed by atoms with E-state index in [9.17, 15) is 24.0 Å². The van der Waals surface area contributed by atoms with Gasteiger partial charge in [-0.25, -0.2) is 0 Å². The van der Waals surface area contributed by atoms with Gasteiger partial charge in [0, 0.05) is 29.5 Å². The number of nitrogens with zero attached hydrogens (tertiary/aromatic N) is 2. The molecule has 4 amide bonds. The van der Waals surface area contributed by atoms with Gasteiger partial charge in [0.2, 0.25) is 23.5 Å². The summed E-state index contributed by atoms with van der Waals surface area (Å²) >= 11 is 6.26. The first-order valence-electron chi connectivity index (χ1n) is 17.6. The van der Waals surface area contributed by atoms with E-state index in [0.29, 0.717) is 36.4 Å². The lowest BCUT2D eigenvalue weighted by atomic mass is 9.84. The first kappa shape index (κ1) is 35.6. The zero-order valence-electron chi connectivity index (χ0n) is 29.1. The van der Waals surface area contributed by atoms with Crippen LogP contribution < -0.4 is 16.0 Å². The average molecular weight is 704 g/mol. The molecule has 2 aliphatic heterocycles. The summed E-state index contributed by atoms with van der Waals surface area (Å²) in [5.41, 5.74) is -0.162. The lowest BCUT2D eigenvalue weighted by molar-refractivity contribution is -0.145. The molecule has 50 heavy (non-hydrogen) atoms. The Kier molecular flexibility index (Phi) is 9.83. The second-order valence-electron chi connectivity index (χ2n) is 15.4. The van der Waals surface area contributed by atoms with E-state index in [1.165, 1.54) is 4.90 Å². The molecule has 1 spiro atoms. The van der Waals surface area contributed by atoms with E-state index >= 15 is 0 Å². The van der Waals surface area contributed by atoms with Crippen molar-refractivity contribution in [1.29, 1.82) is 0 Å². The van der Waals surface area contributed by atoms with Crippen LogP contribution in [0.15, 0.2) is 59.8 Å². The van der Waals surface area contributed by atoms with Crippen LogP contribution in [0.25, 0.3) is 0 Å². The first-order valence-corrected chi connectivity index (χ1v) is 18.0. The number of carbonyl (C=O) groups excluding carboxylic acids is 5. The van der Waals surface area contributed by atoms with Crippen LogP contribution in [0.4, 0.5) is 0 Å². The van der Waals surface area contributed by atoms with E-state index in [1.807, 2.05) is 70.2 Å². The number of rotatable bonds is 12. The Labute approximate surface area is 297 Å². The van der Waals surface area contributed by atoms with Gasteiger partial charge in [0.1, 0.15) is 12.1 Å². The number of Topliss-reactive ketones (excluding diaryl/α,β-unsaturated/α-hetero) is 1. The van der Waals surface area contributed by atoms with Crippen LogP contribution in [0.1, 0.15) is 90.2 Å². The van der Waals surface area contributed by atoms with Crippen molar-refractivity contribution < 1.29 is 28.8 Å². The lowest BCUT2D eigenvalue weighted by Gasteiger charge is -2.36. The number of hydrogen-bond acceptors (Lipinski definition) is 7. The minimum absolute atomic E-state index is 0.0124. The standard InChI is InChI=1S/C38H46ClN5O6/c1-5-10-27(30(45)33(47)40-26-15-16-26)41-32(46)29-21-37(20-28(43-50-37)23-11-9-14-25(39)19-23)22-44(29)34(48)31(36(2,3)4)42-35(49)38(17-18-38)24-12-7-6-8-13-24/h6-9,11-14,19,26-27,29,31H,5,10,15-18,20-22H2,1-4H3,(H,40,47)(H,41,46)(H,42,49)/t27-,29-,31+,37+/m0/s1. The van der Waals surface area contributed by atoms with Crippen molar-refractivity contribution in [1.82, 2.24) is 20.9 Å². The molecule has 2 aromatic carbocycles. The molecule has 1 saturated heterocycles. The fraction of sp³-hybridized carbons (Fsp3) is 0.526. The van der Waals surface area contributed by atoms with Crippen LogP contribution in [0.5, 0.6) is 0 Å². The molecule has 11 nitrogen and oxygen atoms in total. The SMILES string of the molecule is CCC[C@H](NC(=O)[C@@H]1C[C@]2(CC(c3cccc(Cl)c3)=NO2)CN1C(=O)[C@@H](NC(=O)C1(c2ccccc2)CC1)C(C)(C)C)C(=O)C(=O)NC1CC1. The molecule has 0 radical (unpaired) electrons. The van der Waals surface area contributed by atoms with Gasteiger partial charge in [-0.1, -0.05) is 93.3 Å². The van der Waals surface area contributed by atoms with Crippen LogP contribution in [0.2, 0.25) is 5.02 Å². The minimum Gasteiger partial charge on any atom is -0.387 e. The predicted molar refractivity (Wildman–Crippen MR) is 188 cm³/mol. The number of carbonyl (C=O) groups is 5. The quantitative estimate of drug-likeness (QED) is 0.283. The Morgan fingerprint density at radius 2 is 1.74 bits per heavy atom. The number of nitrogens with one attached hydrogen (secondary N) is 3.